The van der Waals surface area contributed by atoms with E-state index < -0.39 is 10.0 Å². The van der Waals surface area contributed by atoms with E-state index in [0.29, 0.717) is 31.0 Å². The Kier molecular flexibility index (Phi) is 7.81. The number of hydrogen-bond acceptors (Lipinski definition) is 5. The van der Waals surface area contributed by atoms with Gasteiger partial charge in [0.25, 0.3) is 5.91 Å². The number of halogens is 1. The Morgan fingerprint density at radius 1 is 1.22 bits per heavy atom. The van der Waals surface area contributed by atoms with Gasteiger partial charge in [-0.1, -0.05) is 6.07 Å². The predicted octanol–water partition coefficient (Wildman–Crippen LogP) is 2.16. The van der Waals surface area contributed by atoms with E-state index in [1.165, 1.54) is 24.3 Å². The minimum atomic E-state index is -3.58. The van der Waals surface area contributed by atoms with Crippen molar-refractivity contribution >= 4 is 39.7 Å². The number of amides is 1. The van der Waals surface area contributed by atoms with Gasteiger partial charge in [0.05, 0.1) is 4.90 Å². The van der Waals surface area contributed by atoms with E-state index >= 15 is 0 Å². The van der Waals surface area contributed by atoms with Crippen LogP contribution < -0.4 is 15.8 Å². The number of carbonyl (C=O) groups is 1. The zero-order valence-corrected chi connectivity index (χ0v) is 17.2. The molecule has 0 radical (unpaired) electrons. The summed E-state index contributed by atoms with van der Waals surface area (Å²) in [5.74, 6) is 0.277. The van der Waals surface area contributed by atoms with Gasteiger partial charge in [0.15, 0.2) is 0 Å². The van der Waals surface area contributed by atoms with Crippen molar-refractivity contribution in [2.45, 2.75) is 30.2 Å². The highest BCUT2D eigenvalue weighted by molar-refractivity contribution is 7.89. The number of nitrogens with one attached hydrogen (secondary N) is 2. The number of hydrogen-bond donors (Lipinski definition) is 3. The second-order valence-electron chi connectivity index (χ2n) is 6.46. The van der Waals surface area contributed by atoms with Gasteiger partial charge in [-0.05, 0) is 60.9 Å². The molecule has 1 aliphatic rings. The summed E-state index contributed by atoms with van der Waals surface area (Å²) in [6, 6.07) is 9.84. The molecule has 3 rings (SSSR count). The molecule has 2 aromatic rings. The summed E-state index contributed by atoms with van der Waals surface area (Å²) in [6.07, 6.45) is 2.91. The fourth-order valence-electron chi connectivity index (χ4n) is 2.64. The van der Waals surface area contributed by atoms with Gasteiger partial charge < -0.3 is 11.1 Å². The van der Waals surface area contributed by atoms with E-state index in [0.717, 1.165) is 17.7 Å². The van der Waals surface area contributed by atoms with E-state index in [1.807, 2.05) is 17.5 Å². The van der Waals surface area contributed by atoms with Crippen LogP contribution in [0.1, 0.15) is 28.1 Å². The Morgan fingerprint density at radius 3 is 2.52 bits per heavy atom. The van der Waals surface area contributed by atoms with Crippen LogP contribution in [0, 0.1) is 5.92 Å². The maximum Gasteiger partial charge on any atom is 0.251 e. The van der Waals surface area contributed by atoms with Crippen molar-refractivity contribution in [1.29, 1.82) is 0 Å². The summed E-state index contributed by atoms with van der Waals surface area (Å²) in [7, 11) is -3.58. The van der Waals surface area contributed by atoms with Crippen LogP contribution in [0.4, 0.5) is 0 Å². The third kappa shape index (κ3) is 6.29. The number of rotatable bonds is 9. The zero-order chi connectivity index (χ0) is 18.6. The fourth-order valence-corrected chi connectivity index (χ4v) is 4.38. The van der Waals surface area contributed by atoms with Gasteiger partial charge in [-0.2, -0.15) is 0 Å². The van der Waals surface area contributed by atoms with Gasteiger partial charge in [-0.25, -0.2) is 13.1 Å². The first-order chi connectivity index (χ1) is 12.5. The minimum absolute atomic E-state index is 0. The summed E-state index contributed by atoms with van der Waals surface area (Å²) in [4.78, 5) is 13.4. The van der Waals surface area contributed by atoms with Crippen molar-refractivity contribution in [3.8, 4) is 0 Å². The van der Waals surface area contributed by atoms with Gasteiger partial charge >= 0.3 is 0 Å². The first kappa shape index (κ1) is 21.8. The predicted molar refractivity (Wildman–Crippen MR) is 110 cm³/mol. The van der Waals surface area contributed by atoms with Crippen LogP contribution in [-0.2, 0) is 16.4 Å². The molecule has 0 aliphatic heterocycles. The lowest BCUT2D eigenvalue weighted by Gasteiger charge is -2.12. The van der Waals surface area contributed by atoms with Crippen molar-refractivity contribution in [3.05, 3.63) is 52.2 Å². The minimum Gasteiger partial charge on any atom is -0.350 e. The molecule has 9 heteroatoms. The summed E-state index contributed by atoms with van der Waals surface area (Å²) < 4.78 is 27.2. The van der Waals surface area contributed by atoms with Gasteiger partial charge in [-0.3, -0.25) is 4.79 Å². The second-order valence-corrected chi connectivity index (χ2v) is 9.26. The van der Waals surface area contributed by atoms with Crippen LogP contribution >= 0.6 is 23.7 Å². The van der Waals surface area contributed by atoms with Gasteiger partial charge in [0, 0.05) is 29.6 Å². The number of thiophene rings is 1. The molecular weight excluding hydrogens is 406 g/mol. The van der Waals surface area contributed by atoms with Crippen LogP contribution in [0.25, 0.3) is 0 Å². The fraction of sp³-hybridized carbons (Fsp3) is 0.389. The first-order valence-electron chi connectivity index (χ1n) is 8.61. The monoisotopic (exact) mass is 429 g/mol. The topological polar surface area (TPSA) is 101 Å². The average molecular weight is 430 g/mol. The highest BCUT2D eigenvalue weighted by atomic mass is 35.5. The van der Waals surface area contributed by atoms with Gasteiger partial charge in [0.2, 0.25) is 10.0 Å². The van der Waals surface area contributed by atoms with E-state index in [4.69, 9.17) is 5.73 Å². The summed E-state index contributed by atoms with van der Waals surface area (Å²) in [5.41, 5.74) is 6.39. The molecule has 1 aromatic heterocycles. The quantitative estimate of drug-likeness (QED) is 0.568. The maximum atomic E-state index is 12.3. The van der Waals surface area contributed by atoms with Gasteiger partial charge in [0.1, 0.15) is 0 Å². The van der Waals surface area contributed by atoms with E-state index in [9.17, 15) is 13.2 Å². The molecule has 148 valence electrons. The van der Waals surface area contributed by atoms with E-state index in [2.05, 4.69) is 10.0 Å². The number of benzene rings is 1. The van der Waals surface area contributed by atoms with Crippen molar-refractivity contribution in [2.24, 2.45) is 11.7 Å². The molecular formula is C18H24ClN3O3S2. The van der Waals surface area contributed by atoms with E-state index in [-0.39, 0.29) is 29.3 Å². The van der Waals surface area contributed by atoms with Crippen molar-refractivity contribution in [2.75, 3.05) is 13.1 Å². The SMILES string of the molecule is Cl.NC(CNC(=O)c1ccc(S(=O)(=O)NCCc2cccs2)cc1)C1CC1. The van der Waals surface area contributed by atoms with Crippen LogP contribution in [0.5, 0.6) is 0 Å². The first-order valence-corrected chi connectivity index (χ1v) is 11.0. The molecule has 1 saturated carbocycles. The molecule has 27 heavy (non-hydrogen) atoms. The Balaban J connectivity index is 0.00000261. The molecule has 0 bridgehead atoms. The third-order valence-electron chi connectivity index (χ3n) is 4.40. The third-order valence-corrected chi connectivity index (χ3v) is 6.81. The van der Waals surface area contributed by atoms with Crippen LogP contribution in [0.15, 0.2) is 46.7 Å². The highest BCUT2D eigenvalue weighted by Crippen LogP contribution is 2.31. The highest BCUT2D eigenvalue weighted by Gasteiger charge is 2.28. The molecule has 1 atom stereocenters. The molecule has 1 heterocycles. The standard InChI is InChI=1S/C18H23N3O3S2.ClH/c19-17(13-3-4-13)12-20-18(22)14-5-7-16(8-6-14)26(23,24)21-10-9-15-2-1-11-25-15;/h1-2,5-8,11,13,17,21H,3-4,9-10,12,19H2,(H,20,22);1H. The zero-order valence-electron chi connectivity index (χ0n) is 14.8. The lowest BCUT2D eigenvalue weighted by molar-refractivity contribution is 0.0950. The van der Waals surface area contributed by atoms with Crippen molar-refractivity contribution < 1.29 is 13.2 Å². The Bertz CT molecular complexity index is 835. The Labute approximate surface area is 170 Å². The number of sulfonamides is 1. The maximum absolute atomic E-state index is 12.3. The van der Waals surface area contributed by atoms with E-state index in [1.54, 1.807) is 11.3 Å². The largest absolute Gasteiger partial charge is 0.350 e. The average Bonchev–Trinajstić information content (AvgIpc) is 3.36. The Morgan fingerprint density at radius 2 is 1.93 bits per heavy atom. The number of nitrogens with two attached hydrogens (primary N) is 1. The molecule has 1 amide bonds. The molecule has 0 saturated heterocycles. The summed E-state index contributed by atoms with van der Waals surface area (Å²) in [5, 5.41) is 4.76. The Hall–Kier alpha value is -1.45. The molecule has 1 fully saturated rings. The molecule has 1 aliphatic carbocycles. The van der Waals surface area contributed by atoms with Crippen LogP contribution in [-0.4, -0.2) is 33.5 Å². The lowest BCUT2D eigenvalue weighted by Crippen LogP contribution is -2.38. The molecule has 1 aromatic carbocycles. The molecule has 6 nitrogen and oxygen atoms in total. The second kappa shape index (κ2) is 9.66. The van der Waals surface area contributed by atoms with Crippen molar-refractivity contribution in [3.63, 3.8) is 0 Å². The summed E-state index contributed by atoms with van der Waals surface area (Å²) in [6.45, 7) is 0.776. The molecule has 1 unspecified atom stereocenters. The van der Waals surface area contributed by atoms with Crippen LogP contribution in [0.3, 0.4) is 0 Å². The normalized spacial score (nSPS) is 15.0. The van der Waals surface area contributed by atoms with Crippen LogP contribution in [0.2, 0.25) is 0 Å². The lowest BCUT2D eigenvalue weighted by atomic mass is 10.2. The summed E-state index contributed by atoms with van der Waals surface area (Å²) >= 11 is 1.60. The van der Waals surface area contributed by atoms with Gasteiger partial charge in [-0.15, -0.1) is 23.7 Å². The van der Waals surface area contributed by atoms with Crippen molar-refractivity contribution in [1.82, 2.24) is 10.0 Å². The number of carbonyl (C=O) groups excluding carboxylic acids is 1. The molecule has 4 N–H and O–H groups in total. The molecule has 0 spiro atoms. The smallest absolute Gasteiger partial charge is 0.251 e.